The van der Waals surface area contributed by atoms with Crippen LogP contribution < -0.4 is 0 Å². The highest BCUT2D eigenvalue weighted by atomic mass is 16.5. The van der Waals surface area contributed by atoms with Gasteiger partial charge in [0.25, 0.3) is 0 Å². The summed E-state index contributed by atoms with van der Waals surface area (Å²) in [6, 6.07) is 0. The fourth-order valence-electron chi connectivity index (χ4n) is 0.288. The molecule has 0 rings (SSSR count). The monoisotopic (exact) mass is 164 g/mol. The van der Waals surface area contributed by atoms with Crippen molar-refractivity contribution in [2.24, 2.45) is 0 Å². The first-order valence-electron chi connectivity index (χ1n) is 3.91. The average Bonchev–Trinajstić information content (AvgIpc) is 1.82. The highest BCUT2D eigenvalue weighted by molar-refractivity contribution is 4.33. The molecule has 0 fully saturated rings. The van der Waals surface area contributed by atoms with E-state index >= 15 is 0 Å². The quantitative estimate of drug-likeness (QED) is 0.648. The molecule has 2 N–H and O–H groups in total. The Morgan fingerprint density at radius 1 is 1.18 bits per heavy atom. The van der Waals surface area contributed by atoms with Gasteiger partial charge in [-0.1, -0.05) is 0 Å². The number of aliphatic hydroxyl groups excluding tert-OH is 2. The second-order valence-electron chi connectivity index (χ2n) is 2.74. The molecular formula is C8H20O3. The van der Waals surface area contributed by atoms with E-state index in [1.807, 2.05) is 13.8 Å². The molecule has 0 spiro atoms. The van der Waals surface area contributed by atoms with Crippen molar-refractivity contribution in [3.63, 3.8) is 0 Å². The van der Waals surface area contributed by atoms with Crippen molar-refractivity contribution < 1.29 is 14.9 Å². The van der Waals surface area contributed by atoms with Crippen molar-refractivity contribution in [3.8, 4) is 0 Å². The molecule has 0 aliphatic heterocycles. The van der Waals surface area contributed by atoms with Crippen LogP contribution in [0.1, 0.15) is 27.7 Å². The third kappa shape index (κ3) is 40.8. The average molecular weight is 164 g/mol. The summed E-state index contributed by atoms with van der Waals surface area (Å²) >= 11 is 0. The van der Waals surface area contributed by atoms with Gasteiger partial charge in [-0.2, -0.15) is 0 Å². The number of hydrogen-bond acceptors (Lipinski definition) is 3. The van der Waals surface area contributed by atoms with Crippen LogP contribution in [0.3, 0.4) is 0 Å². The number of hydrogen-bond donors (Lipinski definition) is 2. The first-order valence-corrected chi connectivity index (χ1v) is 3.91. The van der Waals surface area contributed by atoms with Crippen LogP contribution in [-0.4, -0.2) is 35.6 Å². The summed E-state index contributed by atoms with van der Waals surface area (Å²) in [7, 11) is 0. The van der Waals surface area contributed by atoms with Gasteiger partial charge in [0.15, 0.2) is 0 Å². The molecule has 0 aromatic rings. The summed E-state index contributed by atoms with van der Waals surface area (Å²) in [4.78, 5) is 0. The van der Waals surface area contributed by atoms with E-state index in [9.17, 15) is 0 Å². The van der Waals surface area contributed by atoms with E-state index in [1.165, 1.54) is 0 Å². The Kier molecular flexibility index (Phi) is 12.1. The molecular weight excluding hydrogens is 144 g/mol. The second kappa shape index (κ2) is 9.88. The second-order valence-corrected chi connectivity index (χ2v) is 2.74. The predicted molar refractivity (Wildman–Crippen MR) is 45.5 cm³/mol. The minimum absolute atomic E-state index is 0.123. The summed E-state index contributed by atoms with van der Waals surface area (Å²) < 4.78 is 4.94. The molecule has 0 aliphatic carbocycles. The van der Waals surface area contributed by atoms with E-state index in [0.29, 0.717) is 6.61 Å². The van der Waals surface area contributed by atoms with Crippen LogP contribution in [0, 0.1) is 0 Å². The van der Waals surface area contributed by atoms with Gasteiger partial charge in [-0.25, -0.2) is 0 Å². The van der Waals surface area contributed by atoms with Crippen LogP contribution in [0.15, 0.2) is 0 Å². The Hall–Kier alpha value is -0.120. The van der Waals surface area contributed by atoms with E-state index in [0.717, 1.165) is 0 Å². The Bertz CT molecular complexity index is 59.6. The summed E-state index contributed by atoms with van der Waals surface area (Å²) in [6.45, 7) is 7.90. The largest absolute Gasteiger partial charge is 0.394 e. The maximum Gasteiger partial charge on any atom is 0.0701 e. The number of rotatable bonds is 3. The van der Waals surface area contributed by atoms with Gasteiger partial charge in [0, 0.05) is 6.10 Å². The van der Waals surface area contributed by atoms with Crippen molar-refractivity contribution in [2.75, 3.05) is 13.2 Å². The summed E-state index contributed by atoms with van der Waals surface area (Å²) in [6.07, 6.45) is 0.0761. The Morgan fingerprint density at radius 2 is 1.55 bits per heavy atom. The summed E-state index contributed by atoms with van der Waals surface area (Å²) in [5, 5.41) is 16.2. The molecule has 0 saturated carbocycles. The van der Waals surface area contributed by atoms with Crippen molar-refractivity contribution in [2.45, 2.75) is 39.9 Å². The van der Waals surface area contributed by atoms with Crippen molar-refractivity contribution >= 4 is 0 Å². The van der Waals surface area contributed by atoms with E-state index in [2.05, 4.69) is 0 Å². The van der Waals surface area contributed by atoms with E-state index in [-0.39, 0.29) is 18.8 Å². The zero-order valence-corrected chi connectivity index (χ0v) is 7.87. The summed E-state index contributed by atoms with van der Waals surface area (Å²) in [5.74, 6) is 0. The molecule has 3 heteroatoms. The molecule has 0 aromatic carbocycles. The first kappa shape index (κ1) is 13.5. The predicted octanol–water partition coefficient (Wildman–Crippen LogP) is 0.791. The molecule has 0 aromatic heterocycles. The maximum atomic E-state index is 8.19. The zero-order valence-electron chi connectivity index (χ0n) is 7.87. The standard InChI is InChI=1S/C5H12O2.C3H8O/c1-5(2)7-4-3-6;1-3(2)4/h5-6H,3-4H2,1-2H3;3-4H,1-2H3. The normalized spacial score (nSPS) is 9.82. The maximum absolute atomic E-state index is 8.19. The van der Waals surface area contributed by atoms with Crippen molar-refractivity contribution in [1.29, 1.82) is 0 Å². The lowest BCUT2D eigenvalue weighted by Gasteiger charge is -2.02. The molecule has 11 heavy (non-hydrogen) atoms. The Balaban J connectivity index is 0. The topological polar surface area (TPSA) is 49.7 Å². The molecule has 0 bridgehead atoms. The number of aliphatic hydroxyl groups is 2. The molecule has 0 radical (unpaired) electrons. The van der Waals surface area contributed by atoms with Crippen LogP contribution in [0.5, 0.6) is 0 Å². The van der Waals surface area contributed by atoms with Gasteiger partial charge in [-0.3, -0.25) is 0 Å². The third-order valence-corrected chi connectivity index (χ3v) is 0.542. The van der Waals surface area contributed by atoms with Gasteiger partial charge >= 0.3 is 0 Å². The summed E-state index contributed by atoms with van der Waals surface area (Å²) in [5.41, 5.74) is 0. The van der Waals surface area contributed by atoms with E-state index in [4.69, 9.17) is 14.9 Å². The van der Waals surface area contributed by atoms with E-state index in [1.54, 1.807) is 13.8 Å². The highest BCUT2D eigenvalue weighted by Gasteiger charge is 1.87. The molecule has 0 saturated heterocycles. The first-order chi connectivity index (χ1) is 5.00. The third-order valence-electron chi connectivity index (χ3n) is 0.542. The molecule has 0 amide bonds. The fourth-order valence-corrected chi connectivity index (χ4v) is 0.288. The van der Waals surface area contributed by atoms with Crippen LogP contribution in [0.25, 0.3) is 0 Å². The van der Waals surface area contributed by atoms with Gasteiger partial charge in [0.2, 0.25) is 0 Å². The molecule has 0 atom stereocenters. The smallest absolute Gasteiger partial charge is 0.0701 e. The van der Waals surface area contributed by atoms with Crippen molar-refractivity contribution in [1.82, 2.24) is 0 Å². The number of ether oxygens (including phenoxy) is 1. The van der Waals surface area contributed by atoms with Crippen LogP contribution in [0.2, 0.25) is 0 Å². The van der Waals surface area contributed by atoms with Gasteiger partial charge in [0.1, 0.15) is 0 Å². The van der Waals surface area contributed by atoms with Crippen molar-refractivity contribution in [3.05, 3.63) is 0 Å². The van der Waals surface area contributed by atoms with Crippen LogP contribution in [0.4, 0.5) is 0 Å². The molecule has 70 valence electrons. The minimum atomic E-state index is -0.167. The Labute approximate surface area is 69.0 Å². The lowest BCUT2D eigenvalue weighted by Crippen LogP contribution is -2.06. The van der Waals surface area contributed by atoms with Crippen LogP contribution in [-0.2, 0) is 4.74 Å². The zero-order chi connectivity index (χ0) is 9.28. The lowest BCUT2D eigenvalue weighted by atomic mass is 10.5. The van der Waals surface area contributed by atoms with Gasteiger partial charge in [-0.05, 0) is 27.7 Å². The van der Waals surface area contributed by atoms with Gasteiger partial charge in [0.05, 0.1) is 19.3 Å². The van der Waals surface area contributed by atoms with Crippen LogP contribution >= 0.6 is 0 Å². The SMILES string of the molecule is CC(C)O.CC(C)OCCO. The molecule has 0 aliphatic rings. The Morgan fingerprint density at radius 3 is 1.64 bits per heavy atom. The fraction of sp³-hybridized carbons (Fsp3) is 1.00. The molecule has 0 heterocycles. The molecule has 0 unspecified atom stereocenters. The van der Waals surface area contributed by atoms with E-state index < -0.39 is 0 Å². The van der Waals surface area contributed by atoms with Gasteiger partial charge < -0.3 is 14.9 Å². The van der Waals surface area contributed by atoms with Gasteiger partial charge in [-0.15, -0.1) is 0 Å². The highest BCUT2D eigenvalue weighted by Crippen LogP contribution is 1.83. The minimum Gasteiger partial charge on any atom is -0.394 e. The molecule has 3 nitrogen and oxygen atoms in total. The lowest BCUT2D eigenvalue weighted by molar-refractivity contribution is 0.0494.